The average molecular weight is 322 g/mol. The molecular formula is C15H22N4O4. The largest absolute Gasteiger partial charge is 0.449 e. The minimum atomic E-state index is -0.431. The Bertz CT molecular complexity index is 514. The summed E-state index contributed by atoms with van der Waals surface area (Å²) >= 11 is 0. The summed E-state index contributed by atoms with van der Waals surface area (Å²) in [4.78, 5) is 31.5. The maximum Gasteiger partial charge on any atom is 0.419 e. The van der Waals surface area contributed by atoms with E-state index in [-0.39, 0.29) is 0 Å². The molecule has 0 atom stereocenters. The molecule has 8 nitrogen and oxygen atoms in total. The van der Waals surface area contributed by atoms with E-state index in [9.17, 15) is 9.59 Å². The fraction of sp³-hybridized carbons (Fsp3) is 0.467. The maximum absolute atomic E-state index is 11.5. The maximum atomic E-state index is 11.5. The molecule has 1 rings (SSSR count). The van der Waals surface area contributed by atoms with Crippen molar-refractivity contribution in [2.75, 3.05) is 20.3 Å². The highest BCUT2D eigenvalue weighted by Crippen LogP contribution is 2.02. The highest BCUT2D eigenvalue weighted by molar-refractivity contribution is 5.69. The second-order valence-corrected chi connectivity index (χ2v) is 4.70. The predicted octanol–water partition coefficient (Wildman–Crippen LogP) is 2.67. The SMILES string of the molecule is C=N/C=C\N(C)C(=O)OCCCCCCOC(=O)n1ccnc1. The van der Waals surface area contributed by atoms with Gasteiger partial charge in [0, 0.05) is 31.8 Å². The van der Waals surface area contributed by atoms with E-state index in [2.05, 4.69) is 16.7 Å². The molecule has 23 heavy (non-hydrogen) atoms. The molecule has 0 spiro atoms. The summed E-state index contributed by atoms with van der Waals surface area (Å²) in [6.07, 6.45) is 9.79. The normalized spacial score (nSPS) is 10.5. The third-order valence-electron chi connectivity index (χ3n) is 2.89. The van der Waals surface area contributed by atoms with Gasteiger partial charge >= 0.3 is 12.2 Å². The van der Waals surface area contributed by atoms with Crippen molar-refractivity contribution in [3.05, 3.63) is 31.1 Å². The van der Waals surface area contributed by atoms with E-state index in [0.717, 1.165) is 25.7 Å². The van der Waals surface area contributed by atoms with E-state index in [4.69, 9.17) is 9.47 Å². The van der Waals surface area contributed by atoms with Crippen LogP contribution >= 0.6 is 0 Å². The number of aliphatic imine (C=N–C) groups is 1. The van der Waals surface area contributed by atoms with Gasteiger partial charge in [-0.15, -0.1) is 0 Å². The number of carbonyl (C=O) groups is 2. The first-order valence-electron chi connectivity index (χ1n) is 7.32. The van der Waals surface area contributed by atoms with Crippen molar-refractivity contribution in [3.8, 4) is 0 Å². The molecule has 126 valence electrons. The van der Waals surface area contributed by atoms with Crippen molar-refractivity contribution in [3.63, 3.8) is 0 Å². The van der Waals surface area contributed by atoms with Crippen LogP contribution in [0.1, 0.15) is 25.7 Å². The van der Waals surface area contributed by atoms with Crippen LogP contribution in [0.15, 0.2) is 36.1 Å². The van der Waals surface area contributed by atoms with E-state index in [1.54, 1.807) is 7.05 Å². The fourth-order valence-electron chi connectivity index (χ4n) is 1.63. The summed E-state index contributed by atoms with van der Waals surface area (Å²) in [5.41, 5.74) is 0. The number of unbranched alkanes of at least 4 members (excludes halogenated alkanes) is 3. The second kappa shape index (κ2) is 11.0. The first-order chi connectivity index (χ1) is 11.1. The summed E-state index contributed by atoms with van der Waals surface area (Å²) in [6, 6.07) is 0. The molecule has 0 aliphatic rings. The van der Waals surface area contributed by atoms with Crippen molar-refractivity contribution in [1.29, 1.82) is 0 Å². The van der Waals surface area contributed by atoms with E-state index in [0.29, 0.717) is 13.2 Å². The van der Waals surface area contributed by atoms with Gasteiger partial charge in [0.2, 0.25) is 0 Å². The predicted molar refractivity (Wildman–Crippen MR) is 85.2 cm³/mol. The van der Waals surface area contributed by atoms with Crippen molar-refractivity contribution in [2.24, 2.45) is 4.99 Å². The van der Waals surface area contributed by atoms with Crippen LogP contribution in [0, 0.1) is 0 Å². The molecule has 0 saturated heterocycles. The van der Waals surface area contributed by atoms with Gasteiger partial charge in [0.05, 0.1) is 13.2 Å². The van der Waals surface area contributed by atoms with Gasteiger partial charge in [0.15, 0.2) is 0 Å². The fourth-order valence-corrected chi connectivity index (χ4v) is 1.63. The molecule has 0 aromatic carbocycles. The molecule has 1 aromatic rings. The van der Waals surface area contributed by atoms with Gasteiger partial charge < -0.3 is 9.47 Å². The highest BCUT2D eigenvalue weighted by Gasteiger charge is 2.06. The van der Waals surface area contributed by atoms with Crippen molar-refractivity contribution in [1.82, 2.24) is 14.5 Å². The Morgan fingerprint density at radius 3 is 2.57 bits per heavy atom. The Labute approximate surface area is 135 Å². The van der Waals surface area contributed by atoms with E-state index >= 15 is 0 Å². The van der Waals surface area contributed by atoms with Crippen LogP contribution in [0.4, 0.5) is 9.59 Å². The molecule has 0 bridgehead atoms. The third kappa shape index (κ3) is 7.79. The van der Waals surface area contributed by atoms with E-state index < -0.39 is 12.2 Å². The molecule has 0 aliphatic heterocycles. The van der Waals surface area contributed by atoms with Crippen molar-refractivity contribution in [2.45, 2.75) is 25.7 Å². The molecule has 8 heteroatoms. The Morgan fingerprint density at radius 1 is 1.26 bits per heavy atom. The zero-order valence-corrected chi connectivity index (χ0v) is 13.3. The van der Waals surface area contributed by atoms with E-state index in [1.165, 1.54) is 40.6 Å². The summed E-state index contributed by atoms with van der Waals surface area (Å²) in [5, 5.41) is 0. The smallest absolute Gasteiger partial charge is 0.419 e. The molecule has 0 saturated carbocycles. The van der Waals surface area contributed by atoms with Gasteiger partial charge in [-0.05, 0) is 32.4 Å². The molecule has 0 aliphatic carbocycles. The number of rotatable bonds is 9. The summed E-state index contributed by atoms with van der Waals surface area (Å²) in [7, 11) is 1.58. The Morgan fingerprint density at radius 2 is 1.96 bits per heavy atom. The van der Waals surface area contributed by atoms with Gasteiger partial charge in [-0.2, -0.15) is 0 Å². The Hall–Kier alpha value is -2.64. The van der Waals surface area contributed by atoms with Crippen LogP contribution in [-0.4, -0.2) is 53.6 Å². The molecule has 0 unspecified atom stereocenters. The molecule has 0 fully saturated rings. The van der Waals surface area contributed by atoms with Crippen molar-refractivity contribution < 1.29 is 19.1 Å². The van der Waals surface area contributed by atoms with Gasteiger partial charge in [-0.3, -0.25) is 9.89 Å². The van der Waals surface area contributed by atoms with Crippen molar-refractivity contribution >= 4 is 18.9 Å². The van der Waals surface area contributed by atoms with Gasteiger partial charge in [0.25, 0.3) is 0 Å². The third-order valence-corrected chi connectivity index (χ3v) is 2.89. The lowest BCUT2D eigenvalue weighted by Crippen LogP contribution is -2.22. The Balaban J connectivity index is 1.97. The van der Waals surface area contributed by atoms with Crippen LogP contribution < -0.4 is 0 Å². The number of amides is 1. The number of hydrogen-bond donors (Lipinski definition) is 0. The molecule has 1 amide bonds. The molecule has 0 radical (unpaired) electrons. The first-order valence-corrected chi connectivity index (χ1v) is 7.32. The minimum Gasteiger partial charge on any atom is -0.449 e. The van der Waals surface area contributed by atoms with Gasteiger partial charge in [-0.1, -0.05) is 0 Å². The number of nitrogens with zero attached hydrogens (tertiary/aromatic N) is 4. The van der Waals surface area contributed by atoms with Crippen LogP contribution in [0.5, 0.6) is 0 Å². The minimum absolute atomic E-state index is 0.355. The second-order valence-electron chi connectivity index (χ2n) is 4.70. The monoisotopic (exact) mass is 322 g/mol. The lowest BCUT2D eigenvalue weighted by atomic mass is 10.2. The Kier molecular flexibility index (Phi) is 8.80. The van der Waals surface area contributed by atoms with Gasteiger partial charge in [0.1, 0.15) is 6.33 Å². The summed E-state index contributed by atoms with van der Waals surface area (Å²) < 4.78 is 11.4. The quantitative estimate of drug-likeness (QED) is 0.515. The molecule has 0 N–H and O–H groups in total. The van der Waals surface area contributed by atoms with Gasteiger partial charge in [-0.25, -0.2) is 19.1 Å². The standard InChI is InChI=1S/C15H22N4O4/c1-16-7-9-18(2)14(20)22-11-5-3-4-6-12-23-15(21)19-10-8-17-13-19/h7-10,13H,1,3-6,11-12H2,2H3/b9-7-. The zero-order valence-electron chi connectivity index (χ0n) is 13.3. The number of hydrogen-bond acceptors (Lipinski definition) is 6. The van der Waals surface area contributed by atoms with E-state index in [1.807, 2.05) is 0 Å². The lowest BCUT2D eigenvalue weighted by Gasteiger charge is -2.11. The number of ether oxygens (including phenoxy) is 2. The van der Waals surface area contributed by atoms with Crippen LogP contribution in [-0.2, 0) is 9.47 Å². The molecular weight excluding hydrogens is 300 g/mol. The highest BCUT2D eigenvalue weighted by atomic mass is 16.6. The topological polar surface area (TPSA) is 86.0 Å². The van der Waals surface area contributed by atoms with Crippen LogP contribution in [0.3, 0.4) is 0 Å². The summed E-state index contributed by atoms with van der Waals surface area (Å²) in [5.74, 6) is 0. The zero-order chi connectivity index (χ0) is 16.9. The number of carbonyl (C=O) groups excluding carboxylic acids is 2. The average Bonchev–Trinajstić information content (AvgIpc) is 3.09. The molecule has 1 aromatic heterocycles. The van der Waals surface area contributed by atoms with Crippen LogP contribution in [0.2, 0.25) is 0 Å². The molecule has 1 heterocycles. The number of aromatic nitrogens is 2. The lowest BCUT2D eigenvalue weighted by molar-refractivity contribution is 0.120. The first kappa shape index (κ1) is 18.4. The summed E-state index contributed by atoms with van der Waals surface area (Å²) in [6.45, 7) is 3.99. The van der Waals surface area contributed by atoms with Crippen LogP contribution in [0.25, 0.3) is 0 Å². The number of imidazole rings is 1.